The van der Waals surface area contributed by atoms with Gasteiger partial charge in [-0.1, -0.05) is 0 Å². The topological polar surface area (TPSA) is 93.2 Å². The molecule has 1 aromatic rings. The zero-order valence-corrected chi connectivity index (χ0v) is 16.8. The number of nitrogens with one attached hydrogen (secondary N) is 1. The molecule has 0 bridgehead atoms. The van der Waals surface area contributed by atoms with Crippen LogP contribution in [0.3, 0.4) is 0 Å². The van der Waals surface area contributed by atoms with Gasteiger partial charge in [0.1, 0.15) is 11.4 Å². The fourth-order valence-corrected chi connectivity index (χ4v) is 5.52. The van der Waals surface area contributed by atoms with Gasteiger partial charge in [0.2, 0.25) is 0 Å². The SMILES string of the molecule is Cc1c(C)c(S(=O)(=O)CC(=N)CCCCN)c(C)c2c1OC(C)(C)C2. The Balaban J connectivity index is 2.40. The Morgan fingerprint density at radius 3 is 2.40 bits per heavy atom. The Labute approximate surface area is 151 Å². The average Bonchev–Trinajstić information content (AvgIpc) is 2.81. The quantitative estimate of drug-likeness (QED) is 0.572. The summed E-state index contributed by atoms with van der Waals surface area (Å²) in [6.07, 6.45) is 2.75. The van der Waals surface area contributed by atoms with Crippen LogP contribution in [0, 0.1) is 26.2 Å². The van der Waals surface area contributed by atoms with E-state index in [2.05, 4.69) is 0 Å². The highest BCUT2D eigenvalue weighted by Gasteiger charge is 2.36. The molecular formula is C19H30N2O3S. The summed E-state index contributed by atoms with van der Waals surface area (Å²) in [5.74, 6) is 0.610. The van der Waals surface area contributed by atoms with E-state index < -0.39 is 9.84 Å². The number of ether oxygens (including phenoxy) is 1. The minimum Gasteiger partial charge on any atom is -0.487 e. The van der Waals surface area contributed by atoms with E-state index in [9.17, 15) is 8.42 Å². The second-order valence-electron chi connectivity index (χ2n) is 7.66. The standard InChI is InChI=1S/C19H30N2O3S/c1-12-13(2)18(14(3)16-10-19(4,5)24-17(12)16)25(22,23)11-15(21)8-6-7-9-20/h21H,6-11,20H2,1-5H3. The molecule has 1 heterocycles. The predicted molar refractivity (Wildman–Crippen MR) is 102 cm³/mol. The summed E-state index contributed by atoms with van der Waals surface area (Å²) in [6, 6.07) is 0. The molecule has 6 heteroatoms. The van der Waals surface area contributed by atoms with E-state index in [-0.39, 0.29) is 17.1 Å². The van der Waals surface area contributed by atoms with Crippen molar-refractivity contribution in [3.8, 4) is 5.75 Å². The van der Waals surface area contributed by atoms with E-state index in [0.29, 0.717) is 24.3 Å². The molecule has 0 aromatic heterocycles. The van der Waals surface area contributed by atoms with Crippen LogP contribution in [0.1, 0.15) is 55.4 Å². The van der Waals surface area contributed by atoms with Crippen LogP contribution in [0.15, 0.2) is 4.90 Å². The molecule has 140 valence electrons. The molecule has 0 unspecified atom stereocenters. The Morgan fingerprint density at radius 2 is 1.80 bits per heavy atom. The molecule has 3 N–H and O–H groups in total. The second kappa shape index (κ2) is 7.08. The van der Waals surface area contributed by atoms with Gasteiger partial charge in [-0.3, -0.25) is 0 Å². The number of hydrogen-bond acceptors (Lipinski definition) is 5. The summed E-state index contributed by atoms with van der Waals surface area (Å²) in [6.45, 7) is 10.2. The number of fused-ring (bicyclic) bond motifs is 1. The minimum atomic E-state index is -3.55. The lowest BCUT2D eigenvalue weighted by Crippen LogP contribution is -2.24. The molecule has 0 atom stereocenters. The van der Waals surface area contributed by atoms with Gasteiger partial charge in [0, 0.05) is 17.7 Å². The molecule has 0 spiro atoms. The van der Waals surface area contributed by atoms with E-state index in [1.807, 2.05) is 34.6 Å². The van der Waals surface area contributed by atoms with Crippen molar-refractivity contribution in [3.63, 3.8) is 0 Å². The van der Waals surface area contributed by atoms with Gasteiger partial charge in [-0.25, -0.2) is 8.42 Å². The first-order valence-electron chi connectivity index (χ1n) is 8.81. The average molecular weight is 367 g/mol. The van der Waals surface area contributed by atoms with Crippen molar-refractivity contribution in [1.82, 2.24) is 0 Å². The molecule has 1 aliphatic rings. The van der Waals surface area contributed by atoms with Gasteiger partial charge in [-0.05, 0) is 77.1 Å². The molecule has 5 nitrogen and oxygen atoms in total. The van der Waals surface area contributed by atoms with Crippen LogP contribution in [0.2, 0.25) is 0 Å². The fourth-order valence-electron chi connectivity index (χ4n) is 3.57. The second-order valence-corrected chi connectivity index (χ2v) is 9.59. The Hall–Kier alpha value is -1.40. The number of benzene rings is 1. The van der Waals surface area contributed by atoms with Crippen LogP contribution in [-0.4, -0.2) is 32.0 Å². The predicted octanol–water partition coefficient (Wildman–Crippen LogP) is 3.25. The molecule has 0 amide bonds. The number of hydrogen-bond donors (Lipinski definition) is 2. The molecule has 1 aromatic carbocycles. The van der Waals surface area contributed by atoms with Gasteiger partial charge in [-0.2, -0.15) is 0 Å². The molecular weight excluding hydrogens is 336 g/mol. The number of sulfone groups is 1. The Kier molecular flexibility index (Phi) is 5.64. The smallest absolute Gasteiger partial charge is 0.184 e. The first kappa shape index (κ1) is 19.9. The van der Waals surface area contributed by atoms with E-state index in [1.165, 1.54) is 0 Å². The highest BCUT2D eigenvalue weighted by molar-refractivity contribution is 7.92. The largest absolute Gasteiger partial charge is 0.487 e. The summed E-state index contributed by atoms with van der Waals surface area (Å²) < 4.78 is 32.1. The summed E-state index contributed by atoms with van der Waals surface area (Å²) in [5.41, 5.74) is 8.79. The van der Waals surface area contributed by atoms with Gasteiger partial charge >= 0.3 is 0 Å². The molecule has 0 saturated carbocycles. The Morgan fingerprint density at radius 1 is 1.16 bits per heavy atom. The number of nitrogens with two attached hydrogens (primary N) is 1. The third-order valence-electron chi connectivity index (χ3n) is 4.90. The third-order valence-corrected chi connectivity index (χ3v) is 6.86. The van der Waals surface area contributed by atoms with Crippen molar-refractivity contribution in [1.29, 1.82) is 5.41 Å². The van der Waals surface area contributed by atoms with Crippen molar-refractivity contribution >= 4 is 15.5 Å². The zero-order valence-electron chi connectivity index (χ0n) is 16.0. The molecule has 0 aliphatic carbocycles. The lowest BCUT2D eigenvalue weighted by molar-refractivity contribution is 0.137. The van der Waals surface area contributed by atoms with E-state index in [1.54, 1.807) is 0 Å². The van der Waals surface area contributed by atoms with Crippen LogP contribution in [0.5, 0.6) is 5.75 Å². The maximum Gasteiger partial charge on any atom is 0.184 e. The van der Waals surface area contributed by atoms with Crippen molar-refractivity contribution < 1.29 is 13.2 Å². The third kappa shape index (κ3) is 4.06. The monoisotopic (exact) mass is 366 g/mol. The molecule has 2 rings (SSSR count). The van der Waals surface area contributed by atoms with Gasteiger partial charge in [0.15, 0.2) is 9.84 Å². The van der Waals surface area contributed by atoms with Crippen LogP contribution in [0.25, 0.3) is 0 Å². The normalized spacial score (nSPS) is 15.8. The van der Waals surface area contributed by atoms with Gasteiger partial charge < -0.3 is 15.9 Å². The van der Waals surface area contributed by atoms with E-state index >= 15 is 0 Å². The molecule has 25 heavy (non-hydrogen) atoms. The zero-order chi connectivity index (χ0) is 19.0. The Bertz CT molecular complexity index is 796. The van der Waals surface area contributed by atoms with Gasteiger partial charge in [0.25, 0.3) is 0 Å². The maximum absolute atomic E-state index is 13.0. The maximum atomic E-state index is 13.0. The summed E-state index contributed by atoms with van der Waals surface area (Å²) in [7, 11) is -3.55. The van der Waals surface area contributed by atoms with Gasteiger partial charge in [0.05, 0.1) is 10.6 Å². The summed E-state index contributed by atoms with van der Waals surface area (Å²) in [4.78, 5) is 0.383. The highest BCUT2D eigenvalue weighted by atomic mass is 32.2. The van der Waals surface area contributed by atoms with E-state index in [4.69, 9.17) is 15.9 Å². The summed E-state index contributed by atoms with van der Waals surface area (Å²) >= 11 is 0. The minimum absolute atomic E-state index is 0.221. The molecule has 1 aliphatic heterocycles. The molecule has 0 saturated heterocycles. The van der Waals surface area contributed by atoms with Crippen molar-refractivity contribution in [3.05, 3.63) is 22.3 Å². The number of unbranched alkanes of at least 4 members (excludes halogenated alkanes) is 1. The first-order valence-corrected chi connectivity index (χ1v) is 10.5. The van der Waals surface area contributed by atoms with Crippen molar-refractivity contribution in [2.45, 2.75) is 70.8 Å². The van der Waals surface area contributed by atoms with Gasteiger partial charge in [-0.15, -0.1) is 0 Å². The number of rotatable bonds is 7. The van der Waals surface area contributed by atoms with Crippen LogP contribution >= 0.6 is 0 Å². The van der Waals surface area contributed by atoms with Crippen molar-refractivity contribution in [2.75, 3.05) is 12.3 Å². The highest BCUT2D eigenvalue weighted by Crippen LogP contribution is 2.43. The lowest BCUT2D eigenvalue weighted by atomic mass is 9.94. The van der Waals surface area contributed by atoms with Crippen LogP contribution in [-0.2, 0) is 16.3 Å². The lowest BCUT2D eigenvalue weighted by Gasteiger charge is -2.19. The molecule has 0 radical (unpaired) electrons. The van der Waals surface area contributed by atoms with Crippen LogP contribution in [0.4, 0.5) is 0 Å². The van der Waals surface area contributed by atoms with Crippen molar-refractivity contribution in [2.24, 2.45) is 5.73 Å². The summed E-state index contributed by atoms with van der Waals surface area (Å²) in [5, 5.41) is 8.04. The first-order chi connectivity index (χ1) is 11.5. The van der Waals surface area contributed by atoms with E-state index in [0.717, 1.165) is 40.8 Å². The fraction of sp³-hybridized carbons (Fsp3) is 0.632. The molecule has 0 fully saturated rings. The van der Waals surface area contributed by atoms with Crippen LogP contribution < -0.4 is 10.5 Å².